The van der Waals surface area contributed by atoms with Crippen molar-refractivity contribution in [2.75, 3.05) is 6.61 Å². The third-order valence-corrected chi connectivity index (χ3v) is 7.38. The molecule has 3 rings (SSSR count). The molecule has 1 heteroatoms. The van der Waals surface area contributed by atoms with Gasteiger partial charge in [0.15, 0.2) is 0 Å². The molecule has 0 aromatic carbocycles. The second kappa shape index (κ2) is 3.75. The van der Waals surface area contributed by atoms with Gasteiger partial charge >= 0.3 is 0 Å². The van der Waals surface area contributed by atoms with Crippen LogP contribution in [0.1, 0.15) is 66.7 Å². The Kier molecular flexibility index (Phi) is 2.70. The van der Waals surface area contributed by atoms with Crippen LogP contribution < -0.4 is 0 Å². The van der Waals surface area contributed by atoms with Gasteiger partial charge in [0.2, 0.25) is 0 Å². The lowest BCUT2D eigenvalue weighted by atomic mass is 9.43. The Labute approximate surface area is 113 Å². The van der Waals surface area contributed by atoms with Crippen LogP contribution in [0.25, 0.3) is 0 Å². The molecule has 3 fully saturated rings. The summed E-state index contributed by atoms with van der Waals surface area (Å²) < 4.78 is 6.15. The number of fused-ring (bicyclic) bond motifs is 3. The highest BCUT2D eigenvalue weighted by atomic mass is 16.5. The Morgan fingerprint density at radius 1 is 0.889 bits per heavy atom. The SMILES string of the molecule is C[C@H]1CCC2(C)[C@H](CC[C@]3(C)OCC[C@@H]23)C1(C)C. The van der Waals surface area contributed by atoms with Crippen LogP contribution >= 0.6 is 0 Å². The minimum atomic E-state index is 0.196. The van der Waals surface area contributed by atoms with Crippen LogP contribution in [-0.2, 0) is 4.74 Å². The highest BCUT2D eigenvalue weighted by Crippen LogP contribution is 2.65. The van der Waals surface area contributed by atoms with E-state index < -0.39 is 0 Å². The molecule has 104 valence electrons. The van der Waals surface area contributed by atoms with Crippen molar-refractivity contribution in [3.63, 3.8) is 0 Å². The van der Waals surface area contributed by atoms with Crippen LogP contribution in [0, 0.1) is 28.6 Å². The minimum Gasteiger partial charge on any atom is -0.375 e. The number of ether oxygens (including phenoxy) is 1. The summed E-state index contributed by atoms with van der Waals surface area (Å²) in [5.41, 5.74) is 1.23. The van der Waals surface area contributed by atoms with Crippen molar-refractivity contribution < 1.29 is 4.74 Å². The molecule has 2 aliphatic carbocycles. The molecule has 0 bridgehead atoms. The van der Waals surface area contributed by atoms with E-state index in [-0.39, 0.29) is 5.60 Å². The molecule has 1 unspecified atom stereocenters. The second-order valence-electron chi connectivity index (χ2n) is 8.36. The van der Waals surface area contributed by atoms with Crippen LogP contribution in [0.15, 0.2) is 0 Å². The molecule has 0 aromatic heterocycles. The molecule has 0 spiro atoms. The molecule has 3 aliphatic rings. The summed E-state index contributed by atoms with van der Waals surface area (Å²) in [5.74, 6) is 2.58. The zero-order valence-corrected chi connectivity index (χ0v) is 12.9. The third-order valence-electron chi connectivity index (χ3n) is 7.38. The van der Waals surface area contributed by atoms with Gasteiger partial charge in [-0.3, -0.25) is 0 Å². The molecule has 0 amide bonds. The average Bonchev–Trinajstić information content (AvgIpc) is 2.68. The Hall–Kier alpha value is -0.0400. The smallest absolute Gasteiger partial charge is 0.0688 e. The lowest BCUT2D eigenvalue weighted by Crippen LogP contribution is -2.57. The summed E-state index contributed by atoms with van der Waals surface area (Å²) >= 11 is 0. The standard InChI is InChI=1S/C17H30O/c1-12-6-9-16(4)13(15(12,2)3)7-10-17(5)14(16)8-11-18-17/h12-14H,6-11H2,1-5H3/t12-,13+,14-,16?,17-/m0/s1. The largest absolute Gasteiger partial charge is 0.375 e. The van der Waals surface area contributed by atoms with E-state index in [1.807, 2.05) is 0 Å². The Morgan fingerprint density at radius 3 is 2.33 bits per heavy atom. The monoisotopic (exact) mass is 250 g/mol. The van der Waals surface area contributed by atoms with E-state index in [1.54, 1.807) is 0 Å². The predicted octanol–water partition coefficient (Wildman–Crippen LogP) is 4.65. The highest BCUT2D eigenvalue weighted by Gasteiger charge is 2.61. The first-order valence-corrected chi connectivity index (χ1v) is 7.95. The molecular weight excluding hydrogens is 220 g/mol. The van der Waals surface area contributed by atoms with Gasteiger partial charge in [0.1, 0.15) is 0 Å². The quantitative estimate of drug-likeness (QED) is 0.608. The Morgan fingerprint density at radius 2 is 1.61 bits per heavy atom. The van der Waals surface area contributed by atoms with Crippen LogP contribution in [0.2, 0.25) is 0 Å². The third kappa shape index (κ3) is 1.49. The van der Waals surface area contributed by atoms with Crippen LogP contribution in [0.3, 0.4) is 0 Å². The topological polar surface area (TPSA) is 9.23 Å². The summed E-state index contributed by atoms with van der Waals surface area (Å²) in [6.45, 7) is 13.5. The fourth-order valence-electron chi connectivity index (χ4n) is 5.91. The first kappa shape index (κ1) is 13.0. The number of rotatable bonds is 0. The Bertz CT molecular complexity index is 348. The van der Waals surface area contributed by atoms with E-state index in [2.05, 4.69) is 34.6 Å². The molecule has 0 N–H and O–H groups in total. The van der Waals surface area contributed by atoms with E-state index >= 15 is 0 Å². The van der Waals surface area contributed by atoms with E-state index in [0.29, 0.717) is 10.8 Å². The zero-order chi connectivity index (χ0) is 13.2. The first-order valence-electron chi connectivity index (χ1n) is 7.95. The summed E-state index contributed by atoms with van der Waals surface area (Å²) in [6, 6.07) is 0. The number of hydrogen-bond donors (Lipinski definition) is 0. The van der Waals surface area contributed by atoms with Crippen molar-refractivity contribution in [2.24, 2.45) is 28.6 Å². The molecule has 18 heavy (non-hydrogen) atoms. The van der Waals surface area contributed by atoms with E-state index in [9.17, 15) is 0 Å². The normalized spacial score (nSPS) is 54.8. The van der Waals surface area contributed by atoms with Crippen molar-refractivity contribution in [2.45, 2.75) is 72.3 Å². The molecule has 5 atom stereocenters. The van der Waals surface area contributed by atoms with E-state index in [4.69, 9.17) is 4.74 Å². The van der Waals surface area contributed by atoms with Crippen molar-refractivity contribution in [3.05, 3.63) is 0 Å². The molecule has 0 radical (unpaired) electrons. The van der Waals surface area contributed by atoms with Crippen molar-refractivity contribution in [1.82, 2.24) is 0 Å². The summed E-state index contributed by atoms with van der Waals surface area (Å²) in [4.78, 5) is 0. The zero-order valence-electron chi connectivity index (χ0n) is 12.9. The Balaban J connectivity index is 1.98. The van der Waals surface area contributed by atoms with Gasteiger partial charge in [-0.2, -0.15) is 0 Å². The molecule has 0 aromatic rings. The van der Waals surface area contributed by atoms with Crippen molar-refractivity contribution in [1.29, 1.82) is 0 Å². The minimum absolute atomic E-state index is 0.196. The van der Waals surface area contributed by atoms with Crippen LogP contribution in [0.5, 0.6) is 0 Å². The second-order valence-corrected chi connectivity index (χ2v) is 8.36. The lowest BCUT2D eigenvalue weighted by Gasteiger charge is -2.62. The van der Waals surface area contributed by atoms with Gasteiger partial charge < -0.3 is 4.74 Å². The van der Waals surface area contributed by atoms with Crippen molar-refractivity contribution in [3.8, 4) is 0 Å². The van der Waals surface area contributed by atoms with Gasteiger partial charge in [0, 0.05) is 6.61 Å². The van der Waals surface area contributed by atoms with Gasteiger partial charge in [-0.1, -0.05) is 27.7 Å². The van der Waals surface area contributed by atoms with Gasteiger partial charge in [-0.25, -0.2) is 0 Å². The molecule has 1 aliphatic heterocycles. The maximum atomic E-state index is 6.15. The highest BCUT2D eigenvalue weighted by molar-refractivity contribution is 5.10. The van der Waals surface area contributed by atoms with Gasteiger partial charge in [-0.15, -0.1) is 0 Å². The fourth-order valence-corrected chi connectivity index (χ4v) is 5.91. The van der Waals surface area contributed by atoms with Crippen molar-refractivity contribution >= 4 is 0 Å². The first-order chi connectivity index (χ1) is 8.31. The van der Waals surface area contributed by atoms with Gasteiger partial charge in [0.25, 0.3) is 0 Å². The van der Waals surface area contributed by atoms with Gasteiger partial charge in [0.05, 0.1) is 5.60 Å². The van der Waals surface area contributed by atoms with Crippen LogP contribution in [0.4, 0.5) is 0 Å². The number of hydrogen-bond acceptors (Lipinski definition) is 1. The molecular formula is C17H30O. The summed E-state index contributed by atoms with van der Waals surface area (Å²) in [6.07, 6.45) is 6.79. The van der Waals surface area contributed by atoms with E-state index in [1.165, 1.54) is 32.1 Å². The average molecular weight is 250 g/mol. The summed E-state index contributed by atoms with van der Waals surface area (Å²) in [7, 11) is 0. The predicted molar refractivity (Wildman–Crippen MR) is 75.5 cm³/mol. The molecule has 2 saturated carbocycles. The lowest BCUT2D eigenvalue weighted by molar-refractivity contribution is -0.161. The maximum absolute atomic E-state index is 6.15. The molecule has 1 nitrogen and oxygen atoms in total. The van der Waals surface area contributed by atoms with Crippen LogP contribution in [-0.4, -0.2) is 12.2 Å². The van der Waals surface area contributed by atoms with E-state index in [0.717, 1.165) is 24.4 Å². The fraction of sp³-hybridized carbons (Fsp3) is 1.00. The summed E-state index contributed by atoms with van der Waals surface area (Å²) in [5, 5.41) is 0. The van der Waals surface area contributed by atoms with Gasteiger partial charge in [-0.05, 0) is 67.6 Å². The maximum Gasteiger partial charge on any atom is 0.0688 e. The molecule has 1 heterocycles. The molecule has 1 saturated heterocycles.